The number of hydrogen-bond acceptors (Lipinski definition) is 1. The van der Waals surface area contributed by atoms with Gasteiger partial charge in [-0.2, -0.15) is 0 Å². The molecule has 1 aromatic carbocycles. The van der Waals surface area contributed by atoms with E-state index in [1.54, 1.807) is 0 Å². The fourth-order valence-electron chi connectivity index (χ4n) is 1.25. The Morgan fingerprint density at radius 3 is 2.40 bits per heavy atom. The Morgan fingerprint density at radius 2 is 1.80 bits per heavy atom. The molecule has 0 N–H and O–H groups in total. The van der Waals surface area contributed by atoms with Gasteiger partial charge in [-0.25, -0.2) is 4.39 Å². The van der Waals surface area contributed by atoms with E-state index in [1.165, 1.54) is 12.3 Å². The minimum atomic E-state index is -5.33. The summed E-state index contributed by atoms with van der Waals surface area (Å²) in [5.41, 5.74) is -1.20. The Hall–Kier alpha value is 0.181. The SMILES string of the molecule is Fc1cc2ccoc2cc1[B-](F)(F)F.[K+]. The first-order valence-corrected chi connectivity index (χ1v) is 3.85. The summed E-state index contributed by atoms with van der Waals surface area (Å²) in [6, 6.07) is 2.92. The van der Waals surface area contributed by atoms with E-state index in [2.05, 4.69) is 0 Å². The molecule has 0 atom stereocenters. The molecular formula is C8H4BF4KO. The standard InChI is InChI=1S/C8H4BF4O.K/c10-7-3-5-1-2-14-8(5)4-6(7)9(11,12)13;/h1-4H;/q-1;+1. The number of halogens is 4. The van der Waals surface area contributed by atoms with E-state index in [0.717, 1.165) is 6.07 Å². The van der Waals surface area contributed by atoms with E-state index in [-0.39, 0.29) is 57.0 Å². The zero-order valence-electron chi connectivity index (χ0n) is 7.81. The quantitative estimate of drug-likeness (QED) is 0.491. The molecule has 0 aliphatic carbocycles. The van der Waals surface area contributed by atoms with E-state index in [0.29, 0.717) is 11.5 Å². The molecule has 1 aromatic heterocycles. The van der Waals surface area contributed by atoms with Crippen LogP contribution in [0.15, 0.2) is 28.9 Å². The van der Waals surface area contributed by atoms with Gasteiger partial charge >= 0.3 is 58.4 Å². The molecule has 0 saturated carbocycles. The minimum Gasteiger partial charge on any atom is -0.464 e. The second-order valence-corrected chi connectivity index (χ2v) is 2.91. The first-order chi connectivity index (χ1) is 6.48. The first kappa shape index (κ1) is 13.2. The Labute approximate surface area is 125 Å². The van der Waals surface area contributed by atoms with Crippen molar-refractivity contribution >= 4 is 23.4 Å². The van der Waals surface area contributed by atoms with Gasteiger partial charge in [0.05, 0.1) is 12.1 Å². The van der Waals surface area contributed by atoms with Crippen LogP contribution < -0.4 is 56.8 Å². The summed E-state index contributed by atoms with van der Waals surface area (Å²) in [6.45, 7) is -5.33. The van der Waals surface area contributed by atoms with Gasteiger partial charge in [0.2, 0.25) is 0 Å². The van der Waals surface area contributed by atoms with E-state index in [9.17, 15) is 17.3 Å². The predicted molar refractivity (Wildman–Crippen MR) is 44.9 cm³/mol. The molecule has 0 aliphatic rings. The Balaban J connectivity index is 0.00000112. The van der Waals surface area contributed by atoms with Crippen LogP contribution in [0, 0.1) is 5.82 Å². The summed E-state index contributed by atoms with van der Waals surface area (Å²) in [4.78, 5) is 0. The molecule has 15 heavy (non-hydrogen) atoms. The summed E-state index contributed by atoms with van der Waals surface area (Å²) in [5, 5.41) is 0.325. The van der Waals surface area contributed by atoms with Gasteiger partial charge in [0.15, 0.2) is 0 Å². The minimum absolute atomic E-state index is 0. The molecule has 0 bridgehead atoms. The Kier molecular flexibility index (Phi) is 4.05. The maximum atomic E-state index is 12.9. The van der Waals surface area contributed by atoms with Crippen molar-refractivity contribution in [3.05, 3.63) is 30.3 Å². The second-order valence-electron chi connectivity index (χ2n) is 2.91. The number of furan rings is 1. The van der Waals surface area contributed by atoms with Crippen molar-refractivity contribution in [1.82, 2.24) is 0 Å². The number of fused-ring (bicyclic) bond motifs is 1. The molecule has 1 nitrogen and oxygen atoms in total. The van der Waals surface area contributed by atoms with Crippen LogP contribution in [0.2, 0.25) is 0 Å². The third-order valence-corrected chi connectivity index (χ3v) is 1.92. The van der Waals surface area contributed by atoms with Crippen LogP contribution in [-0.4, -0.2) is 6.98 Å². The van der Waals surface area contributed by atoms with Crippen molar-refractivity contribution < 1.29 is 73.1 Å². The van der Waals surface area contributed by atoms with Crippen molar-refractivity contribution in [2.45, 2.75) is 0 Å². The summed E-state index contributed by atoms with van der Waals surface area (Å²) < 4.78 is 54.5. The molecule has 0 radical (unpaired) electrons. The first-order valence-electron chi connectivity index (χ1n) is 3.85. The number of rotatable bonds is 1. The summed E-state index contributed by atoms with van der Waals surface area (Å²) in [7, 11) is 0. The molecule has 0 amide bonds. The Morgan fingerprint density at radius 1 is 1.13 bits per heavy atom. The van der Waals surface area contributed by atoms with Gasteiger partial charge in [0, 0.05) is 5.39 Å². The molecule has 0 unspecified atom stereocenters. The van der Waals surface area contributed by atoms with Crippen LogP contribution in [-0.2, 0) is 0 Å². The third kappa shape index (κ3) is 2.65. The van der Waals surface area contributed by atoms with Crippen LogP contribution in [0.25, 0.3) is 11.0 Å². The molecular weight excluding hydrogens is 238 g/mol. The Bertz CT molecular complexity index is 479. The van der Waals surface area contributed by atoms with Crippen LogP contribution in [0.3, 0.4) is 0 Å². The van der Waals surface area contributed by atoms with E-state index in [4.69, 9.17) is 4.42 Å². The van der Waals surface area contributed by atoms with E-state index < -0.39 is 18.3 Å². The van der Waals surface area contributed by atoms with E-state index in [1.807, 2.05) is 0 Å². The smallest absolute Gasteiger partial charge is 0.464 e. The normalized spacial score (nSPS) is 11.5. The van der Waals surface area contributed by atoms with Gasteiger partial charge in [-0.05, 0) is 18.2 Å². The number of hydrogen-bond donors (Lipinski definition) is 0. The molecule has 0 fully saturated rings. The fourth-order valence-corrected chi connectivity index (χ4v) is 1.25. The van der Waals surface area contributed by atoms with Crippen molar-refractivity contribution in [1.29, 1.82) is 0 Å². The van der Waals surface area contributed by atoms with Gasteiger partial charge in [0.25, 0.3) is 0 Å². The fraction of sp³-hybridized carbons (Fsp3) is 0. The van der Waals surface area contributed by atoms with Gasteiger partial charge in [-0.3, -0.25) is 0 Å². The van der Waals surface area contributed by atoms with Gasteiger partial charge in [0.1, 0.15) is 5.58 Å². The summed E-state index contributed by atoms with van der Waals surface area (Å²) in [6.07, 6.45) is 1.22. The average molecular weight is 242 g/mol. The molecule has 74 valence electrons. The molecule has 1 heterocycles. The average Bonchev–Trinajstić information content (AvgIpc) is 2.47. The molecule has 0 saturated heterocycles. The number of benzene rings is 1. The molecule has 7 heteroatoms. The van der Waals surface area contributed by atoms with E-state index >= 15 is 0 Å². The van der Waals surface area contributed by atoms with Crippen LogP contribution in [0.4, 0.5) is 17.3 Å². The maximum absolute atomic E-state index is 12.9. The van der Waals surface area contributed by atoms with Gasteiger partial charge in [-0.15, -0.1) is 0 Å². The zero-order chi connectivity index (χ0) is 10.3. The second kappa shape index (κ2) is 4.59. The van der Waals surface area contributed by atoms with Gasteiger partial charge in [-0.1, -0.05) is 5.46 Å². The van der Waals surface area contributed by atoms with Crippen LogP contribution >= 0.6 is 0 Å². The molecule has 0 spiro atoms. The van der Waals surface area contributed by atoms with Crippen molar-refractivity contribution in [3.8, 4) is 0 Å². The van der Waals surface area contributed by atoms with Crippen LogP contribution in [0.5, 0.6) is 0 Å². The topological polar surface area (TPSA) is 13.1 Å². The predicted octanol–water partition coefficient (Wildman–Crippen LogP) is -0.370. The van der Waals surface area contributed by atoms with Crippen molar-refractivity contribution in [2.75, 3.05) is 0 Å². The largest absolute Gasteiger partial charge is 1.00 e. The van der Waals surface area contributed by atoms with Crippen LogP contribution in [0.1, 0.15) is 0 Å². The maximum Gasteiger partial charge on any atom is 1.00 e. The summed E-state index contributed by atoms with van der Waals surface area (Å²) in [5.74, 6) is -1.26. The molecule has 2 aromatic rings. The van der Waals surface area contributed by atoms with Crippen molar-refractivity contribution in [2.24, 2.45) is 0 Å². The van der Waals surface area contributed by atoms with Crippen molar-refractivity contribution in [3.63, 3.8) is 0 Å². The van der Waals surface area contributed by atoms with Gasteiger partial charge < -0.3 is 17.4 Å². The third-order valence-electron chi connectivity index (χ3n) is 1.92. The molecule has 0 aliphatic heterocycles. The monoisotopic (exact) mass is 242 g/mol. The summed E-state index contributed by atoms with van der Waals surface area (Å²) >= 11 is 0. The molecule has 2 rings (SSSR count). The zero-order valence-corrected chi connectivity index (χ0v) is 10.9.